The van der Waals surface area contributed by atoms with Crippen molar-refractivity contribution in [3.8, 4) is 0 Å². The number of halogens is 3. The van der Waals surface area contributed by atoms with Crippen LogP contribution in [-0.2, 0) is 4.74 Å². The number of carbonyl (C=O) groups is 1. The highest BCUT2D eigenvalue weighted by molar-refractivity contribution is 5.92. The van der Waals surface area contributed by atoms with Crippen molar-refractivity contribution < 1.29 is 27.8 Å². The molecule has 2 aliphatic rings. The first-order valence-corrected chi connectivity index (χ1v) is 5.96. The van der Waals surface area contributed by atoms with Gasteiger partial charge in [-0.25, -0.2) is 4.79 Å². The number of fused-ring (bicyclic) bond motifs is 1. The molecule has 0 aromatic heterocycles. The molecule has 2 rings (SSSR count). The average molecular weight is 280 g/mol. The molecule has 1 amide bonds. The van der Waals surface area contributed by atoms with Gasteiger partial charge in [0.15, 0.2) is 0 Å². The largest absolute Gasteiger partial charge is 0.451 e. The first-order valence-electron chi connectivity index (χ1n) is 5.96. The Bertz CT molecular complexity index is 424. The van der Waals surface area contributed by atoms with Crippen LogP contribution in [0.4, 0.5) is 18.0 Å². The van der Waals surface area contributed by atoms with E-state index >= 15 is 0 Å². The van der Waals surface area contributed by atoms with Crippen LogP contribution in [0.25, 0.3) is 0 Å². The summed E-state index contributed by atoms with van der Waals surface area (Å²) in [5, 5.41) is 13.8. The fraction of sp³-hybridized carbons (Fsp3) is 0.818. The number of nitrogens with zero attached hydrogens (tertiary/aromatic N) is 2. The summed E-state index contributed by atoms with van der Waals surface area (Å²) in [6.45, 7) is 1.81. The van der Waals surface area contributed by atoms with Gasteiger partial charge in [0.1, 0.15) is 0 Å². The molecule has 0 bridgehead atoms. The maximum absolute atomic E-state index is 13.2. The van der Waals surface area contributed by atoms with Crippen molar-refractivity contribution in [1.29, 1.82) is 0 Å². The number of hydrazone groups is 1. The van der Waals surface area contributed by atoms with Crippen molar-refractivity contribution in [2.45, 2.75) is 38.1 Å². The van der Waals surface area contributed by atoms with Crippen molar-refractivity contribution in [2.75, 3.05) is 7.11 Å². The molecule has 0 spiro atoms. The standard InChI is InChI=1S/C11H15F3N2O3/c1-6-3-4-8-7(5-6)10(18,11(12,13)14)16(15-8)9(17)19-2/h6-7,18H,3-5H2,1-2H3/t6-,7+,10-/m0/s1. The molecule has 0 unspecified atom stereocenters. The van der Waals surface area contributed by atoms with E-state index in [0.717, 1.165) is 7.11 Å². The lowest BCUT2D eigenvalue weighted by Crippen LogP contribution is -2.61. The van der Waals surface area contributed by atoms with Gasteiger partial charge in [0.2, 0.25) is 0 Å². The van der Waals surface area contributed by atoms with E-state index in [1.807, 2.05) is 6.92 Å². The van der Waals surface area contributed by atoms with Crippen LogP contribution < -0.4 is 0 Å². The van der Waals surface area contributed by atoms with Crippen molar-refractivity contribution >= 4 is 11.8 Å². The Labute approximate surface area is 108 Å². The molecule has 0 saturated heterocycles. The normalized spacial score (nSPS) is 34.8. The number of ether oxygens (including phenoxy) is 1. The van der Waals surface area contributed by atoms with Gasteiger partial charge in [0.05, 0.1) is 13.0 Å². The van der Waals surface area contributed by atoms with E-state index in [-0.39, 0.29) is 23.1 Å². The zero-order chi connectivity index (χ0) is 14.4. The molecule has 1 heterocycles. The molecule has 1 aliphatic carbocycles. The van der Waals surface area contributed by atoms with Crippen molar-refractivity contribution in [1.82, 2.24) is 5.01 Å². The van der Waals surface area contributed by atoms with Crippen LogP contribution in [0.15, 0.2) is 5.10 Å². The average Bonchev–Trinajstić information content (AvgIpc) is 2.63. The predicted molar refractivity (Wildman–Crippen MR) is 59.2 cm³/mol. The minimum Gasteiger partial charge on any atom is -0.451 e. The summed E-state index contributed by atoms with van der Waals surface area (Å²) in [6.07, 6.45) is -5.12. The summed E-state index contributed by atoms with van der Waals surface area (Å²) in [6, 6.07) is 0. The molecule has 1 N–H and O–H groups in total. The molecule has 1 aliphatic heterocycles. The molecule has 3 atom stereocenters. The molecule has 0 aromatic rings. The van der Waals surface area contributed by atoms with Crippen molar-refractivity contribution in [3.63, 3.8) is 0 Å². The van der Waals surface area contributed by atoms with Crippen LogP contribution in [0.5, 0.6) is 0 Å². The molecule has 19 heavy (non-hydrogen) atoms. The number of alkyl halides is 3. The van der Waals surface area contributed by atoms with Crippen LogP contribution in [0.2, 0.25) is 0 Å². The van der Waals surface area contributed by atoms with E-state index in [4.69, 9.17) is 0 Å². The fourth-order valence-electron chi connectivity index (χ4n) is 2.68. The summed E-state index contributed by atoms with van der Waals surface area (Å²) in [4.78, 5) is 11.4. The number of hydrogen-bond acceptors (Lipinski definition) is 4. The van der Waals surface area contributed by atoms with Crippen LogP contribution in [-0.4, -0.2) is 40.9 Å². The molecule has 108 valence electrons. The van der Waals surface area contributed by atoms with Gasteiger partial charge < -0.3 is 9.84 Å². The van der Waals surface area contributed by atoms with E-state index < -0.39 is 23.9 Å². The third kappa shape index (κ3) is 1.98. The Kier molecular flexibility index (Phi) is 3.24. The highest BCUT2D eigenvalue weighted by atomic mass is 19.4. The fourth-order valence-corrected chi connectivity index (χ4v) is 2.68. The van der Waals surface area contributed by atoms with Crippen LogP contribution in [0.1, 0.15) is 26.2 Å². The predicted octanol–water partition coefficient (Wildman–Crippen LogP) is 2.11. The van der Waals surface area contributed by atoms with Crippen LogP contribution >= 0.6 is 0 Å². The SMILES string of the molecule is COC(=O)N1N=C2CC[C@H](C)C[C@H]2[C@]1(O)C(F)(F)F. The first-order chi connectivity index (χ1) is 8.71. The second-order valence-electron chi connectivity index (χ2n) is 5.03. The minimum atomic E-state index is -4.99. The third-order valence-corrected chi connectivity index (χ3v) is 3.74. The number of methoxy groups -OCH3 is 1. The highest BCUT2D eigenvalue weighted by Gasteiger charge is 2.69. The second-order valence-corrected chi connectivity index (χ2v) is 5.03. The molecule has 5 nitrogen and oxygen atoms in total. The molecule has 1 fully saturated rings. The summed E-state index contributed by atoms with van der Waals surface area (Å²) in [5.41, 5.74) is -3.09. The van der Waals surface area contributed by atoms with Gasteiger partial charge in [-0.1, -0.05) is 6.92 Å². The number of rotatable bonds is 0. The zero-order valence-corrected chi connectivity index (χ0v) is 10.6. The summed E-state index contributed by atoms with van der Waals surface area (Å²) in [7, 11) is 0.948. The van der Waals surface area contributed by atoms with Gasteiger partial charge in [0.25, 0.3) is 5.72 Å². The Morgan fingerprint density at radius 3 is 2.74 bits per heavy atom. The van der Waals surface area contributed by atoms with Gasteiger partial charge in [-0.15, -0.1) is 0 Å². The molecule has 0 aromatic carbocycles. The lowest BCUT2D eigenvalue weighted by atomic mass is 9.76. The van der Waals surface area contributed by atoms with E-state index in [1.54, 1.807) is 0 Å². The number of amides is 1. The minimum absolute atomic E-state index is 0.0328. The zero-order valence-electron chi connectivity index (χ0n) is 10.6. The van der Waals surface area contributed by atoms with Crippen molar-refractivity contribution in [2.24, 2.45) is 16.9 Å². The Morgan fingerprint density at radius 2 is 2.21 bits per heavy atom. The smallest absolute Gasteiger partial charge is 0.439 e. The van der Waals surface area contributed by atoms with E-state index in [0.29, 0.717) is 12.8 Å². The lowest BCUT2D eigenvalue weighted by molar-refractivity contribution is -0.315. The van der Waals surface area contributed by atoms with Gasteiger partial charge in [-0.05, 0) is 25.2 Å². The van der Waals surface area contributed by atoms with E-state index in [1.165, 1.54) is 0 Å². The molecular formula is C11H15F3N2O3. The van der Waals surface area contributed by atoms with Crippen LogP contribution in [0, 0.1) is 11.8 Å². The van der Waals surface area contributed by atoms with Crippen LogP contribution in [0.3, 0.4) is 0 Å². The van der Waals surface area contributed by atoms with Gasteiger partial charge in [0, 0.05) is 5.71 Å². The van der Waals surface area contributed by atoms with Crippen molar-refractivity contribution in [3.05, 3.63) is 0 Å². The molecule has 1 saturated carbocycles. The van der Waals surface area contributed by atoms with Gasteiger partial charge >= 0.3 is 12.3 Å². The summed E-state index contributed by atoms with van der Waals surface area (Å²) in [5.74, 6) is -1.18. The lowest BCUT2D eigenvalue weighted by Gasteiger charge is -2.38. The van der Waals surface area contributed by atoms with Gasteiger partial charge in [-0.2, -0.15) is 23.3 Å². The Morgan fingerprint density at radius 1 is 1.58 bits per heavy atom. The maximum Gasteiger partial charge on any atom is 0.439 e. The Balaban J connectivity index is 2.44. The quantitative estimate of drug-likeness (QED) is 0.739. The number of aliphatic hydroxyl groups is 1. The van der Waals surface area contributed by atoms with Gasteiger partial charge in [-0.3, -0.25) is 0 Å². The molecule has 8 heteroatoms. The number of carbonyl (C=O) groups excluding carboxylic acids is 1. The highest BCUT2D eigenvalue weighted by Crippen LogP contribution is 2.49. The van der Waals surface area contributed by atoms with E-state index in [9.17, 15) is 23.1 Å². The topological polar surface area (TPSA) is 62.1 Å². The summed E-state index contributed by atoms with van der Waals surface area (Å²) < 4.78 is 43.9. The molecule has 0 radical (unpaired) electrons. The second kappa shape index (κ2) is 4.36. The number of hydrogen-bond donors (Lipinski definition) is 1. The summed E-state index contributed by atoms with van der Waals surface area (Å²) >= 11 is 0. The maximum atomic E-state index is 13.2. The van der Waals surface area contributed by atoms with E-state index in [2.05, 4.69) is 9.84 Å². The third-order valence-electron chi connectivity index (χ3n) is 3.74. The molecular weight excluding hydrogens is 265 g/mol. The Hall–Kier alpha value is -1.31. The first kappa shape index (κ1) is 14.1. The monoisotopic (exact) mass is 280 g/mol.